The number of benzene rings is 1. The molecule has 174 valence electrons. The Morgan fingerprint density at radius 3 is 2.44 bits per heavy atom. The molecule has 3 rings (SSSR count). The minimum Gasteiger partial charge on any atom is -0.431 e. The third-order valence-electron chi connectivity index (χ3n) is 4.49. The highest BCUT2D eigenvalue weighted by Gasteiger charge is 2.67. The topological polar surface area (TPSA) is 162 Å². The number of hydrogen-bond acceptors (Lipinski definition) is 9. The van der Waals surface area contributed by atoms with E-state index in [1.54, 1.807) is 26.8 Å². The molecule has 0 amide bonds. The van der Waals surface area contributed by atoms with Crippen LogP contribution in [0.25, 0.3) is 0 Å². The van der Waals surface area contributed by atoms with Crippen LogP contribution < -0.4 is 4.74 Å². The maximum Gasteiger partial charge on any atom is 0.514 e. The maximum absolute atomic E-state index is 13.0. The highest BCUT2D eigenvalue weighted by molar-refractivity contribution is 7.73. The summed E-state index contributed by atoms with van der Waals surface area (Å²) < 4.78 is 46.1. The van der Waals surface area contributed by atoms with Gasteiger partial charge < -0.3 is 24.4 Å². The van der Waals surface area contributed by atoms with Crippen molar-refractivity contribution in [2.75, 3.05) is 0 Å². The van der Waals surface area contributed by atoms with Gasteiger partial charge in [0.05, 0.1) is 11.7 Å². The van der Waals surface area contributed by atoms with Gasteiger partial charge in [0.1, 0.15) is 5.75 Å². The van der Waals surface area contributed by atoms with Crippen LogP contribution in [0.5, 0.6) is 5.75 Å². The summed E-state index contributed by atoms with van der Waals surface area (Å²) in [5, 5.41) is 7.66. The van der Waals surface area contributed by atoms with E-state index in [1.165, 1.54) is 36.7 Å². The number of nitrogens with zero attached hydrogens (tertiary/aromatic N) is 1. The molecule has 1 aliphatic heterocycles. The van der Waals surface area contributed by atoms with Crippen LogP contribution in [0.4, 0.5) is 4.79 Å². The Hall–Kier alpha value is -2.10. The highest BCUT2D eigenvalue weighted by Crippen LogP contribution is 2.79. The number of aliphatic hydroxyl groups is 1. The first-order valence-corrected chi connectivity index (χ1v) is 12.6. The third-order valence-corrected chi connectivity index (χ3v) is 9.09. The monoisotopic (exact) mass is 487 g/mol. The standard InChI is InChI=1S/C19H23NO10P2/c1-12(2)27-18(21)28-16-9-13(3)6-7-15(16)17-29-31(23,24)19(22,32(25,26)30-17)10-14-5-4-8-20-11-14/h4-9,11-12,17,22H,10H2,1-3H3,(H,23,24)(H,25,26). The molecular formula is C19H23NO10P2. The second kappa shape index (κ2) is 9.03. The fourth-order valence-electron chi connectivity index (χ4n) is 2.93. The molecule has 0 bridgehead atoms. The van der Waals surface area contributed by atoms with E-state index in [4.69, 9.17) is 18.5 Å². The third kappa shape index (κ3) is 4.94. The second-order valence-corrected chi connectivity index (χ2v) is 11.8. The first-order valence-electron chi connectivity index (χ1n) is 9.47. The Bertz CT molecular complexity index is 1060. The Morgan fingerprint density at radius 1 is 1.22 bits per heavy atom. The van der Waals surface area contributed by atoms with Gasteiger partial charge in [-0.25, -0.2) is 4.79 Å². The van der Waals surface area contributed by atoms with Crippen molar-refractivity contribution in [3.8, 4) is 5.75 Å². The molecule has 13 heteroatoms. The zero-order valence-corrected chi connectivity index (χ0v) is 19.2. The summed E-state index contributed by atoms with van der Waals surface area (Å²) in [6.45, 7) is 4.91. The van der Waals surface area contributed by atoms with Gasteiger partial charge in [-0.05, 0) is 50.1 Å². The molecule has 2 unspecified atom stereocenters. The van der Waals surface area contributed by atoms with Crippen LogP contribution in [0.2, 0.25) is 0 Å². The van der Waals surface area contributed by atoms with E-state index in [1.807, 2.05) is 0 Å². The van der Waals surface area contributed by atoms with E-state index in [9.17, 15) is 28.8 Å². The average Bonchev–Trinajstić information content (AvgIpc) is 2.66. The minimum atomic E-state index is -5.19. The number of carbonyl (C=O) groups excluding carboxylic acids is 1. The SMILES string of the molecule is Cc1ccc(C2OP(=O)(O)C(O)(Cc3cccnc3)P(=O)(O)O2)c(OC(=O)OC(C)C)c1. The fraction of sp³-hybridized carbons (Fsp3) is 0.368. The molecule has 0 aliphatic carbocycles. The van der Waals surface area contributed by atoms with Gasteiger partial charge >= 0.3 is 21.3 Å². The van der Waals surface area contributed by atoms with Crippen LogP contribution in [-0.2, 0) is 29.3 Å². The van der Waals surface area contributed by atoms with Crippen molar-refractivity contribution in [2.45, 2.75) is 44.7 Å². The van der Waals surface area contributed by atoms with Crippen LogP contribution in [0.1, 0.15) is 36.8 Å². The van der Waals surface area contributed by atoms with E-state index < -0.39 is 45.2 Å². The zero-order chi connectivity index (χ0) is 23.7. The predicted molar refractivity (Wildman–Crippen MR) is 111 cm³/mol. The van der Waals surface area contributed by atoms with E-state index in [0.29, 0.717) is 5.56 Å². The number of hydrogen-bond donors (Lipinski definition) is 3. The summed E-state index contributed by atoms with van der Waals surface area (Å²) in [6, 6.07) is 7.21. The number of ether oxygens (including phenoxy) is 2. The van der Waals surface area contributed by atoms with Gasteiger partial charge in [0.2, 0.25) is 6.29 Å². The Morgan fingerprint density at radius 2 is 1.88 bits per heavy atom. The Kier molecular flexibility index (Phi) is 6.93. The zero-order valence-electron chi connectivity index (χ0n) is 17.4. The normalized spacial score (nSPS) is 30.2. The summed E-state index contributed by atoms with van der Waals surface area (Å²) in [5.41, 5.74) is 0.729. The molecule has 0 saturated carbocycles. The van der Waals surface area contributed by atoms with Crippen LogP contribution >= 0.6 is 15.2 Å². The lowest BCUT2D eigenvalue weighted by Gasteiger charge is -2.41. The molecule has 1 fully saturated rings. The smallest absolute Gasteiger partial charge is 0.431 e. The van der Waals surface area contributed by atoms with E-state index in [-0.39, 0.29) is 16.9 Å². The van der Waals surface area contributed by atoms with Crippen LogP contribution in [-0.4, -0.2) is 37.2 Å². The maximum atomic E-state index is 13.0. The number of rotatable bonds is 5. The average molecular weight is 487 g/mol. The van der Waals surface area contributed by atoms with Gasteiger partial charge in [0.25, 0.3) is 5.08 Å². The molecule has 2 atom stereocenters. The number of aromatic nitrogens is 1. The van der Waals surface area contributed by atoms with E-state index in [0.717, 1.165) is 0 Å². The van der Waals surface area contributed by atoms with Gasteiger partial charge in [-0.15, -0.1) is 0 Å². The molecule has 2 aromatic rings. The van der Waals surface area contributed by atoms with Crippen LogP contribution in [0, 0.1) is 6.92 Å². The molecular weight excluding hydrogens is 464 g/mol. The first kappa shape index (κ1) is 24.5. The van der Waals surface area contributed by atoms with E-state index >= 15 is 0 Å². The molecule has 0 spiro atoms. The Balaban J connectivity index is 1.95. The lowest BCUT2D eigenvalue weighted by Crippen LogP contribution is -2.38. The van der Waals surface area contributed by atoms with Gasteiger partial charge in [0.15, 0.2) is 0 Å². The molecule has 2 heterocycles. The van der Waals surface area contributed by atoms with Crippen molar-refractivity contribution >= 4 is 21.3 Å². The molecule has 3 N–H and O–H groups in total. The second-order valence-electron chi connectivity index (χ2n) is 7.46. The summed E-state index contributed by atoms with van der Waals surface area (Å²) in [5.74, 6) is -0.168. The summed E-state index contributed by atoms with van der Waals surface area (Å²) in [4.78, 5) is 36.7. The number of carbonyl (C=O) groups is 1. The van der Waals surface area contributed by atoms with Crippen LogP contribution in [0.3, 0.4) is 0 Å². The van der Waals surface area contributed by atoms with E-state index in [2.05, 4.69) is 4.98 Å². The van der Waals surface area contributed by atoms with Gasteiger partial charge in [-0.2, -0.15) is 0 Å². The molecule has 1 aromatic carbocycles. The lowest BCUT2D eigenvalue weighted by molar-refractivity contribution is -0.0589. The van der Waals surface area contributed by atoms with Crippen molar-refractivity contribution in [2.24, 2.45) is 0 Å². The van der Waals surface area contributed by atoms with Crippen molar-refractivity contribution in [3.05, 3.63) is 59.4 Å². The minimum absolute atomic E-state index is 0.122. The molecule has 1 saturated heterocycles. The quantitative estimate of drug-likeness (QED) is 0.321. The number of aryl methyl sites for hydroxylation is 1. The van der Waals surface area contributed by atoms with Gasteiger partial charge in [-0.1, -0.05) is 12.1 Å². The lowest BCUT2D eigenvalue weighted by atomic mass is 10.1. The van der Waals surface area contributed by atoms with Crippen molar-refractivity contribution in [3.63, 3.8) is 0 Å². The summed E-state index contributed by atoms with van der Waals surface area (Å²) in [7, 11) is -10.4. The van der Waals surface area contributed by atoms with Crippen molar-refractivity contribution in [1.82, 2.24) is 4.98 Å². The van der Waals surface area contributed by atoms with Crippen molar-refractivity contribution in [1.29, 1.82) is 0 Å². The van der Waals surface area contributed by atoms with Crippen LogP contribution in [0.15, 0.2) is 42.7 Å². The van der Waals surface area contributed by atoms with Crippen molar-refractivity contribution < 1.29 is 47.3 Å². The summed E-state index contributed by atoms with van der Waals surface area (Å²) >= 11 is 0. The first-order chi connectivity index (χ1) is 14.8. The van der Waals surface area contributed by atoms with Gasteiger partial charge in [0, 0.05) is 18.8 Å². The molecule has 1 aromatic heterocycles. The fourth-order valence-corrected chi connectivity index (χ4v) is 6.49. The molecule has 1 aliphatic rings. The van der Waals surface area contributed by atoms with Gasteiger partial charge in [-0.3, -0.25) is 23.2 Å². The summed E-state index contributed by atoms with van der Waals surface area (Å²) in [6.07, 6.45) is -1.47. The molecule has 0 radical (unpaired) electrons. The number of pyridine rings is 1. The largest absolute Gasteiger partial charge is 0.514 e. The highest BCUT2D eigenvalue weighted by atomic mass is 31.2. The molecule has 11 nitrogen and oxygen atoms in total. The molecule has 32 heavy (non-hydrogen) atoms. The Labute approximate surface area is 184 Å². The predicted octanol–water partition coefficient (Wildman–Crippen LogP) is 3.62.